The van der Waals surface area contributed by atoms with E-state index in [4.69, 9.17) is 4.74 Å². The minimum absolute atomic E-state index is 0.0244. The van der Waals surface area contributed by atoms with E-state index in [9.17, 15) is 4.79 Å². The molecule has 1 heterocycles. The van der Waals surface area contributed by atoms with E-state index in [1.807, 2.05) is 4.90 Å². The Morgan fingerprint density at radius 2 is 2.19 bits per heavy atom. The van der Waals surface area contributed by atoms with E-state index < -0.39 is 0 Å². The number of carbonyl (C=O) groups is 1. The molecule has 0 saturated carbocycles. The highest BCUT2D eigenvalue weighted by Crippen LogP contribution is 2.20. The Hall–Kier alpha value is -0.870. The van der Waals surface area contributed by atoms with Gasteiger partial charge in [0.25, 0.3) is 0 Å². The predicted octanol–water partition coefficient (Wildman–Crippen LogP) is 0.742. The maximum absolute atomic E-state index is 11.7. The number of ether oxygens (including phenoxy) is 1. The van der Waals surface area contributed by atoms with Gasteiger partial charge in [-0.2, -0.15) is 0 Å². The van der Waals surface area contributed by atoms with Crippen LogP contribution in [-0.4, -0.2) is 61.1 Å². The highest BCUT2D eigenvalue weighted by Gasteiger charge is 2.35. The topological polar surface area (TPSA) is 32.8 Å². The lowest BCUT2D eigenvalue weighted by atomic mass is 9.98. The van der Waals surface area contributed by atoms with Crippen LogP contribution in [-0.2, 0) is 9.53 Å². The lowest BCUT2D eigenvalue weighted by Crippen LogP contribution is -2.61. The molecule has 0 aromatic rings. The molecule has 0 aromatic carbocycles. The fourth-order valence-electron chi connectivity index (χ4n) is 2.19. The van der Waals surface area contributed by atoms with E-state index in [0.29, 0.717) is 0 Å². The predicted molar refractivity (Wildman–Crippen MR) is 64.3 cm³/mol. The van der Waals surface area contributed by atoms with Crippen molar-refractivity contribution in [1.82, 2.24) is 9.80 Å². The lowest BCUT2D eigenvalue weighted by molar-refractivity contribution is -0.135. The molecule has 1 aliphatic rings. The molecule has 4 heteroatoms. The van der Waals surface area contributed by atoms with E-state index >= 15 is 0 Å². The smallest absolute Gasteiger partial charge is 0.246 e. The quantitative estimate of drug-likeness (QED) is 0.663. The molecule has 0 atom stereocenters. The monoisotopic (exact) mass is 226 g/mol. The summed E-state index contributed by atoms with van der Waals surface area (Å²) in [6, 6.07) is 0. The SMILES string of the molecule is C=CC(=O)N1CCN(CCOC)CC1(C)C. The van der Waals surface area contributed by atoms with Crippen LogP contribution in [0.4, 0.5) is 0 Å². The zero-order valence-corrected chi connectivity index (χ0v) is 10.5. The number of hydrogen-bond acceptors (Lipinski definition) is 3. The molecule has 92 valence electrons. The lowest BCUT2D eigenvalue weighted by Gasteiger charge is -2.46. The van der Waals surface area contributed by atoms with Gasteiger partial charge in [0.1, 0.15) is 0 Å². The molecule has 4 nitrogen and oxygen atoms in total. The first-order chi connectivity index (χ1) is 7.51. The number of hydrogen-bond donors (Lipinski definition) is 0. The molecule has 0 N–H and O–H groups in total. The van der Waals surface area contributed by atoms with Gasteiger partial charge in [0.15, 0.2) is 0 Å². The fourth-order valence-corrected chi connectivity index (χ4v) is 2.19. The number of methoxy groups -OCH3 is 1. The summed E-state index contributed by atoms with van der Waals surface area (Å²) in [5.41, 5.74) is -0.128. The summed E-state index contributed by atoms with van der Waals surface area (Å²) in [5.74, 6) is 0.0244. The summed E-state index contributed by atoms with van der Waals surface area (Å²) in [6.07, 6.45) is 1.40. The Bertz CT molecular complexity index is 264. The van der Waals surface area contributed by atoms with Gasteiger partial charge in [0.05, 0.1) is 12.1 Å². The molecule has 0 aliphatic carbocycles. The van der Waals surface area contributed by atoms with Gasteiger partial charge >= 0.3 is 0 Å². The van der Waals surface area contributed by atoms with Crippen molar-refractivity contribution in [3.8, 4) is 0 Å². The summed E-state index contributed by atoms with van der Waals surface area (Å²) in [7, 11) is 1.71. The van der Waals surface area contributed by atoms with Gasteiger partial charge in [-0.05, 0) is 19.9 Å². The van der Waals surface area contributed by atoms with Crippen LogP contribution in [0.2, 0.25) is 0 Å². The van der Waals surface area contributed by atoms with Crippen LogP contribution in [0.5, 0.6) is 0 Å². The van der Waals surface area contributed by atoms with E-state index in [2.05, 4.69) is 25.3 Å². The van der Waals surface area contributed by atoms with Gasteiger partial charge in [0.2, 0.25) is 5.91 Å². The summed E-state index contributed by atoms with van der Waals surface area (Å²) >= 11 is 0. The molecular weight excluding hydrogens is 204 g/mol. The summed E-state index contributed by atoms with van der Waals surface area (Å²) in [4.78, 5) is 15.9. The minimum atomic E-state index is -0.128. The van der Waals surface area contributed by atoms with E-state index in [-0.39, 0.29) is 11.4 Å². The van der Waals surface area contributed by atoms with Gasteiger partial charge in [-0.1, -0.05) is 6.58 Å². The Morgan fingerprint density at radius 3 is 2.69 bits per heavy atom. The van der Waals surface area contributed by atoms with Crippen LogP contribution in [0, 0.1) is 0 Å². The zero-order valence-electron chi connectivity index (χ0n) is 10.5. The molecule has 1 amide bonds. The standard InChI is InChI=1S/C12H22N2O2/c1-5-11(15)14-7-6-13(8-9-16-4)10-12(14,2)3/h5H,1,6-10H2,2-4H3. The largest absolute Gasteiger partial charge is 0.383 e. The van der Waals surface area contributed by atoms with Crippen LogP contribution in [0.25, 0.3) is 0 Å². The molecule has 0 spiro atoms. The molecule has 0 bridgehead atoms. The summed E-state index contributed by atoms with van der Waals surface area (Å²) in [5, 5.41) is 0. The van der Waals surface area contributed by atoms with Crippen LogP contribution >= 0.6 is 0 Å². The van der Waals surface area contributed by atoms with Crippen molar-refractivity contribution < 1.29 is 9.53 Å². The molecule has 1 fully saturated rings. The Kier molecular flexibility index (Phi) is 4.50. The molecular formula is C12H22N2O2. The number of rotatable bonds is 4. The molecule has 0 aromatic heterocycles. The molecule has 0 unspecified atom stereocenters. The van der Waals surface area contributed by atoms with Crippen molar-refractivity contribution in [2.24, 2.45) is 0 Å². The normalized spacial score (nSPS) is 20.8. The van der Waals surface area contributed by atoms with Crippen molar-refractivity contribution in [3.63, 3.8) is 0 Å². The number of nitrogens with zero attached hydrogens (tertiary/aromatic N) is 2. The zero-order chi connectivity index (χ0) is 12.2. The van der Waals surface area contributed by atoms with Crippen LogP contribution in [0.1, 0.15) is 13.8 Å². The maximum atomic E-state index is 11.7. The Morgan fingerprint density at radius 1 is 1.50 bits per heavy atom. The second-order valence-corrected chi connectivity index (χ2v) is 4.78. The molecule has 1 aliphatic heterocycles. The highest BCUT2D eigenvalue weighted by molar-refractivity contribution is 5.87. The van der Waals surface area contributed by atoms with Crippen molar-refractivity contribution >= 4 is 5.91 Å². The first-order valence-electron chi connectivity index (χ1n) is 5.66. The second kappa shape index (κ2) is 5.46. The van der Waals surface area contributed by atoms with Crippen LogP contribution in [0.15, 0.2) is 12.7 Å². The number of carbonyl (C=O) groups excluding carboxylic acids is 1. The van der Waals surface area contributed by atoms with Gasteiger partial charge in [-0.3, -0.25) is 9.69 Å². The second-order valence-electron chi connectivity index (χ2n) is 4.78. The van der Waals surface area contributed by atoms with Crippen LogP contribution < -0.4 is 0 Å². The fraction of sp³-hybridized carbons (Fsp3) is 0.750. The third kappa shape index (κ3) is 3.06. The average Bonchev–Trinajstić information content (AvgIpc) is 2.24. The van der Waals surface area contributed by atoms with Crippen molar-refractivity contribution in [2.45, 2.75) is 19.4 Å². The van der Waals surface area contributed by atoms with E-state index in [1.54, 1.807) is 7.11 Å². The first kappa shape index (κ1) is 13.2. The Labute approximate surface area is 97.9 Å². The molecule has 1 rings (SSSR count). The average molecular weight is 226 g/mol. The molecule has 16 heavy (non-hydrogen) atoms. The van der Waals surface area contributed by atoms with Gasteiger partial charge < -0.3 is 9.64 Å². The molecule has 0 radical (unpaired) electrons. The van der Waals surface area contributed by atoms with Crippen molar-refractivity contribution in [1.29, 1.82) is 0 Å². The van der Waals surface area contributed by atoms with E-state index in [0.717, 1.165) is 32.8 Å². The van der Waals surface area contributed by atoms with Crippen LogP contribution in [0.3, 0.4) is 0 Å². The minimum Gasteiger partial charge on any atom is -0.383 e. The number of piperazine rings is 1. The van der Waals surface area contributed by atoms with E-state index in [1.165, 1.54) is 6.08 Å². The van der Waals surface area contributed by atoms with Gasteiger partial charge in [-0.15, -0.1) is 0 Å². The van der Waals surface area contributed by atoms with Crippen molar-refractivity contribution in [3.05, 3.63) is 12.7 Å². The first-order valence-corrected chi connectivity index (χ1v) is 5.66. The van der Waals surface area contributed by atoms with Crippen molar-refractivity contribution in [2.75, 3.05) is 39.9 Å². The number of amides is 1. The third-order valence-electron chi connectivity index (χ3n) is 3.03. The summed E-state index contributed by atoms with van der Waals surface area (Å²) in [6.45, 7) is 12.0. The Balaban J connectivity index is 2.58. The molecule has 1 saturated heterocycles. The van der Waals surface area contributed by atoms with Gasteiger partial charge in [-0.25, -0.2) is 0 Å². The maximum Gasteiger partial charge on any atom is 0.246 e. The van der Waals surface area contributed by atoms with Gasteiger partial charge in [0, 0.05) is 33.3 Å². The third-order valence-corrected chi connectivity index (χ3v) is 3.03. The highest BCUT2D eigenvalue weighted by atomic mass is 16.5. The summed E-state index contributed by atoms with van der Waals surface area (Å²) < 4.78 is 5.07.